The van der Waals surface area contributed by atoms with Crippen LogP contribution >= 0.6 is 11.6 Å². The number of likely N-dealkylation sites (tertiary alicyclic amines) is 1. The Morgan fingerprint density at radius 2 is 2.07 bits per heavy atom. The van der Waals surface area contributed by atoms with Crippen LogP contribution in [0.5, 0.6) is 0 Å². The molecule has 0 aromatic rings. The van der Waals surface area contributed by atoms with E-state index in [2.05, 4.69) is 11.8 Å². The number of carbonyl (C=O) groups excluding carboxylic acids is 1. The molecule has 1 heterocycles. The number of halogens is 1. The van der Waals surface area contributed by atoms with Crippen LogP contribution in [0.4, 0.5) is 0 Å². The Morgan fingerprint density at radius 1 is 1.33 bits per heavy atom. The van der Waals surface area contributed by atoms with E-state index < -0.39 is 0 Å². The molecule has 1 aliphatic carbocycles. The third-order valence-corrected chi connectivity index (χ3v) is 4.40. The highest BCUT2D eigenvalue weighted by Crippen LogP contribution is 2.38. The highest BCUT2D eigenvalue weighted by molar-refractivity contribution is 6.27. The summed E-state index contributed by atoms with van der Waals surface area (Å²) in [6.45, 7) is 3.26. The summed E-state index contributed by atoms with van der Waals surface area (Å²) in [4.78, 5) is 13.8. The smallest absolute Gasteiger partial charge is 0.237 e. The van der Waals surface area contributed by atoms with Crippen molar-refractivity contribution in [3.05, 3.63) is 0 Å². The van der Waals surface area contributed by atoms with Gasteiger partial charge in [-0.1, -0.05) is 19.8 Å². The van der Waals surface area contributed by atoms with Gasteiger partial charge in [0.15, 0.2) is 0 Å². The van der Waals surface area contributed by atoms with Crippen molar-refractivity contribution in [2.45, 2.75) is 45.1 Å². The summed E-state index contributed by atoms with van der Waals surface area (Å²) in [5.74, 6) is 1.81. The zero-order valence-corrected chi connectivity index (χ0v) is 10.2. The number of alkyl halides is 1. The molecule has 1 saturated heterocycles. The molecule has 1 aliphatic heterocycles. The number of hydrogen-bond acceptors (Lipinski definition) is 1. The van der Waals surface area contributed by atoms with Gasteiger partial charge in [0, 0.05) is 12.6 Å². The summed E-state index contributed by atoms with van der Waals surface area (Å²) in [6, 6.07) is 0.494. The van der Waals surface area contributed by atoms with Gasteiger partial charge in [-0.25, -0.2) is 0 Å². The molecule has 1 amide bonds. The van der Waals surface area contributed by atoms with Gasteiger partial charge in [-0.3, -0.25) is 4.79 Å². The van der Waals surface area contributed by atoms with Gasteiger partial charge in [-0.2, -0.15) is 0 Å². The van der Waals surface area contributed by atoms with Crippen LogP contribution in [0, 0.1) is 11.8 Å². The fraction of sp³-hybridized carbons (Fsp3) is 0.917. The fourth-order valence-electron chi connectivity index (χ4n) is 3.30. The molecule has 0 spiro atoms. The second-order valence-corrected chi connectivity index (χ2v) is 5.27. The van der Waals surface area contributed by atoms with Crippen molar-refractivity contribution in [2.24, 2.45) is 11.8 Å². The number of piperidine rings is 1. The van der Waals surface area contributed by atoms with Crippen molar-refractivity contribution < 1.29 is 4.79 Å². The zero-order valence-electron chi connectivity index (χ0n) is 9.42. The number of amides is 1. The number of hydrogen-bond donors (Lipinski definition) is 0. The molecule has 3 atom stereocenters. The lowest BCUT2D eigenvalue weighted by Gasteiger charge is -2.47. The Labute approximate surface area is 97.0 Å². The summed E-state index contributed by atoms with van der Waals surface area (Å²) in [7, 11) is 0. The van der Waals surface area contributed by atoms with E-state index in [9.17, 15) is 4.79 Å². The normalized spacial score (nSPS) is 36.1. The van der Waals surface area contributed by atoms with E-state index in [0.717, 1.165) is 24.8 Å². The van der Waals surface area contributed by atoms with Crippen molar-refractivity contribution in [3.8, 4) is 0 Å². The lowest BCUT2D eigenvalue weighted by atomic mass is 9.72. The Balaban J connectivity index is 2.10. The largest absolute Gasteiger partial charge is 0.338 e. The van der Waals surface area contributed by atoms with Gasteiger partial charge in [-0.15, -0.1) is 11.6 Å². The lowest BCUT2D eigenvalue weighted by Crippen LogP contribution is -2.52. The summed E-state index contributed by atoms with van der Waals surface area (Å²) in [5, 5.41) is 0. The van der Waals surface area contributed by atoms with Gasteiger partial charge in [0.25, 0.3) is 0 Å². The molecule has 0 aromatic heterocycles. The highest BCUT2D eigenvalue weighted by Gasteiger charge is 2.38. The van der Waals surface area contributed by atoms with Gasteiger partial charge in [0.05, 0.1) is 0 Å². The predicted molar refractivity (Wildman–Crippen MR) is 62.0 cm³/mol. The van der Waals surface area contributed by atoms with Crippen molar-refractivity contribution in [2.75, 3.05) is 12.4 Å². The molecule has 0 aromatic carbocycles. The monoisotopic (exact) mass is 229 g/mol. The Morgan fingerprint density at radius 3 is 2.80 bits per heavy atom. The van der Waals surface area contributed by atoms with Crippen molar-refractivity contribution >= 4 is 17.5 Å². The van der Waals surface area contributed by atoms with Crippen molar-refractivity contribution in [1.82, 2.24) is 4.90 Å². The summed E-state index contributed by atoms with van der Waals surface area (Å²) < 4.78 is 0. The van der Waals surface area contributed by atoms with Gasteiger partial charge < -0.3 is 4.90 Å². The van der Waals surface area contributed by atoms with Crippen molar-refractivity contribution in [1.29, 1.82) is 0 Å². The minimum absolute atomic E-state index is 0.139. The van der Waals surface area contributed by atoms with Crippen LogP contribution in [0.15, 0.2) is 0 Å². The minimum Gasteiger partial charge on any atom is -0.338 e. The van der Waals surface area contributed by atoms with Gasteiger partial charge >= 0.3 is 0 Å². The Kier molecular flexibility index (Phi) is 3.55. The summed E-state index contributed by atoms with van der Waals surface area (Å²) in [5.41, 5.74) is 0. The fourth-order valence-corrected chi connectivity index (χ4v) is 3.45. The molecule has 2 aliphatic rings. The van der Waals surface area contributed by atoms with E-state index in [-0.39, 0.29) is 11.8 Å². The van der Waals surface area contributed by atoms with E-state index >= 15 is 0 Å². The Bertz CT molecular complexity index is 244. The molecule has 86 valence electrons. The third kappa shape index (κ3) is 2.15. The number of rotatable bonds is 1. The molecular weight excluding hydrogens is 210 g/mol. The number of fused-ring (bicyclic) bond motifs is 1. The first-order valence-electron chi connectivity index (χ1n) is 6.09. The van der Waals surface area contributed by atoms with Gasteiger partial charge in [0.2, 0.25) is 5.91 Å². The SMILES string of the molecule is C[C@@H]1CCN(C(=O)CCl)[C@@H]2CCCC[C@H]12. The van der Waals surface area contributed by atoms with Crippen LogP contribution in [0.25, 0.3) is 0 Å². The molecule has 3 heteroatoms. The molecule has 15 heavy (non-hydrogen) atoms. The highest BCUT2D eigenvalue weighted by atomic mass is 35.5. The molecule has 2 nitrogen and oxygen atoms in total. The first-order chi connectivity index (χ1) is 7.24. The van der Waals surface area contributed by atoms with Crippen molar-refractivity contribution in [3.63, 3.8) is 0 Å². The second kappa shape index (κ2) is 4.73. The molecule has 1 saturated carbocycles. The quantitative estimate of drug-likeness (QED) is 0.633. The minimum atomic E-state index is 0.139. The van der Waals surface area contributed by atoms with E-state index in [0.29, 0.717) is 6.04 Å². The first-order valence-corrected chi connectivity index (χ1v) is 6.63. The maximum atomic E-state index is 11.7. The van der Waals surface area contributed by atoms with E-state index in [4.69, 9.17) is 11.6 Å². The molecule has 2 rings (SSSR count). The maximum absolute atomic E-state index is 11.7. The van der Waals surface area contributed by atoms with E-state index in [1.54, 1.807) is 0 Å². The van der Waals surface area contributed by atoms with E-state index in [1.165, 1.54) is 25.7 Å². The van der Waals surface area contributed by atoms with E-state index in [1.807, 2.05) is 0 Å². The number of carbonyl (C=O) groups is 1. The van der Waals surface area contributed by atoms with Crippen LogP contribution in [-0.4, -0.2) is 29.3 Å². The first kappa shape index (κ1) is 11.3. The number of nitrogens with zero attached hydrogens (tertiary/aromatic N) is 1. The van der Waals surface area contributed by atoms with Crippen LogP contribution in [0.1, 0.15) is 39.0 Å². The summed E-state index contributed by atoms with van der Waals surface area (Å²) in [6.07, 6.45) is 6.27. The standard InChI is InChI=1S/C12H20ClNO/c1-9-6-7-14(12(15)8-13)11-5-3-2-4-10(9)11/h9-11H,2-8H2,1H3/t9-,10-,11-/m1/s1. The van der Waals surface area contributed by atoms with Crippen LogP contribution in [-0.2, 0) is 4.79 Å². The molecule has 0 N–H and O–H groups in total. The maximum Gasteiger partial charge on any atom is 0.237 e. The lowest BCUT2D eigenvalue weighted by molar-refractivity contribution is -0.136. The molecule has 2 fully saturated rings. The molecule has 0 radical (unpaired) electrons. The van der Waals surface area contributed by atoms with Crippen LogP contribution < -0.4 is 0 Å². The predicted octanol–water partition coefficient (Wildman–Crippen LogP) is 2.65. The topological polar surface area (TPSA) is 20.3 Å². The summed E-state index contributed by atoms with van der Waals surface area (Å²) >= 11 is 5.66. The zero-order chi connectivity index (χ0) is 10.8. The van der Waals surface area contributed by atoms with Gasteiger partial charge in [0.1, 0.15) is 5.88 Å². The Hall–Kier alpha value is -0.240. The third-order valence-electron chi connectivity index (χ3n) is 4.17. The molecule has 0 unspecified atom stereocenters. The molecular formula is C12H20ClNO. The van der Waals surface area contributed by atoms with Crippen LogP contribution in [0.2, 0.25) is 0 Å². The second-order valence-electron chi connectivity index (χ2n) is 5.00. The molecule has 0 bridgehead atoms. The van der Waals surface area contributed by atoms with Gasteiger partial charge in [-0.05, 0) is 31.1 Å². The van der Waals surface area contributed by atoms with Crippen LogP contribution in [0.3, 0.4) is 0 Å². The average molecular weight is 230 g/mol. The average Bonchev–Trinajstić information content (AvgIpc) is 2.29.